The molecule has 2 aromatic carbocycles. The van der Waals surface area contributed by atoms with Crippen LogP contribution in [0.2, 0.25) is 0 Å². The van der Waals surface area contributed by atoms with Crippen LogP contribution in [0.1, 0.15) is 22.9 Å². The Labute approximate surface area is 135 Å². The Kier molecular flexibility index (Phi) is 4.64. The number of nitrogens with one attached hydrogen (secondary N) is 1. The number of para-hydroxylation sites is 1. The first-order chi connectivity index (χ1) is 11.3. The molecule has 3 aromatic rings. The lowest BCUT2D eigenvalue weighted by molar-refractivity contribution is 0.368. The Hall–Kier alpha value is -2.72. The van der Waals surface area contributed by atoms with Gasteiger partial charge in [0.1, 0.15) is 5.76 Å². The van der Waals surface area contributed by atoms with Crippen LogP contribution in [0.3, 0.4) is 0 Å². The summed E-state index contributed by atoms with van der Waals surface area (Å²) in [5, 5.41) is 13.7. The van der Waals surface area contributed by atoms with E-state index < -0.39 is 0 Å². The number of hydrogen-bond acceptors (Lipinski definition) is 4. The van der Waals surface area contributed by atoms with Crippen molar-refractivity contribution < 1.29 is 14.3 Å². The molecule has 0 amide bonds. The van der Waals surface area contributed by atoms with Crippen molar-refractivity contribution in [3.63, 3.8) is 0 Å². The average Bonchev–Trinajstić information content (AvgIpc) is 3.12. The van der Waals surface area contributed by atoms with E-state index in [2.05, 4.69) is 5.32 Å². The summed E-state index contributed by atoms with van der Waals surface area (Å²) in [4.78, 5) is 0. The van der Waals surface area contributed by atoms with Crippen molar-refractivity contribution in [1.82, 2.24) is 5.32 Å². The molecule has 4 nitrogen and oxygen atoms in total. The maximum Gasteiger partial charge on any atom is 0.162 e. The molecule has 0 aliphatic rings. The predicted molar refractivity (Wildman–Crippen MR) is 88.5 cm³/mol. The lowest BCUT2D eigenvalue weighted by Gasteiger charge is -2.18. The molecule has 0 fully saturated rings. The van der Waals surface area contributed by atoms with Gasteiger partial charge in [-0.25, -0.2) is 0 Å². The Morgan fingerprint density at radius 2 is 1.87 bits per heavy atom. The third-order valence-corrected chi connectivity index (χ3v) is 3.76. The quantitative estimate of drug-likeness (QED) is 0.725. The predicted octanol–water partition coefficient (Wildman–Crippen LogP) is 3.87. The molecule has 1 aromatic heterocycles. The summed E-state index contributed by atoms with van der Waals surface area (Å²) in [5.74, 6) is 1.46. The largest absolute Gasteiger partial charge is 0.504 e. The minimum absolute atomic E-state index is 0.0863. The summed E-state index contributed by atoms with van der Waals surface area (Å²) in [7, 11) is 1.54. The molecule has 23 heavy (non-hydrogen) atoms. The van der Waals surface area contributed by atoms with Crippen LogP contribution in [0.25, 0.3) is 0 Å². The maximum absolute atomic E-state index is 10.2. The normalized spacial score (nSPS) is 12.0. The van der Waals surface area contributed by atoms with E-state index in [0.29, 0.717) is 12.3 Å². The van der Waals surface area contributed by atoms with Crippen LogP contribution in [0.15, 0.2) is 71.3 Å². The number of phenolic OH excluding ortho intramolecular Hbond substituents is 1. The van der Waals surface area contributed by atoms with Crippen molar-refractivity contribution in [1.29, 1.82) is 0 Å². The molecule has 1 heterocycles. The molecule has 0 aliphatic carbocycles. The van der Waals surface area contributed by atoms with Crippen LogP contribution < -0.4 is 10.1 Å². The molecular formula is C19H19NO3. The summed E-state index contributed by atoms with van der Waals surface area (Å²) in [5.41, 5.74) is 1.88. The van der Waals surface area contributed by atoms with Crippen LogP contribution in [-0.4, -0.2) is 12.2 Å². The van der Waals surface area contributed by atoms with Gasteiger partial charge in [-0.05, 0) is 23.8 Å². The molecule has 0 aliphatic heterocycles. The highest BCUT2D eigenvalue weighted by Gasteiger charge is 2.17. The van der Waals surface area contributed by atoms with Crippen LogP contribution in [-0.2, 0) is 6.54 Å². The maximum atomic E-state index is 10.2. The highest BCUT2D eigenvalue weighted by molar-refractivity contribution is 5.45. The Balaban J connectivity index is 1.83. The number of ether oxygens (including phenoxy) is 1. The fourth-order valence-corrected chi connectivity index (χ4v) is 2.57. The Bertz CT molecular complexity index is 739. The van der Waals surface area contributed by atoms with E-state index in [4.69, 9.17) is 9.15 Å². The highest BCUT2D eigenvalue weighted by atomic mass is 16.5. The molecule has 0 spiro atoms. The fourth-order valence-electron chi connectivity index (χ4n) is 2.57. The summed E-state index contributed by atoms with van der Waals surface area (Å²) in [6.45, 7) is 0.489. The van der Waals surface area contributed by atoms with Crippen molar-refractivity contribution in [2.75, 3.05) is 7.11 Å². The van der Waals surface area contributed by atoms with E-state index in [-0.39, 0.29) is 11.8 Å². The van der Waals surface area contributed by atoms with Crippen LogP contribution in [0.4, 0.5) is 0 Å². The standard InChI is InChI=1S/C19H19NO3/c1-22-17-10-5-9-15(19(17)21)13-20-18(16-11-6-12-23-16)14-7-3-2-4-8-14/h2-12,18,20-21H,13H2,1H3/t18-/m1/s1. The minimum atomic E-state index is -0.0863. The van der Waals surface area contributed by atoms with Gasteiger partial charge in [0.05, 0.1) is 19.4 Å². The second-order valence-corrected chi connectivity index (χ2v) is 5.21. The number of aromatic hydroxyl groups is 1. The summed E-state index contributed by atoms with van der Waals surface area (Å²) in [6, 6.07) is 19.3. The van der Waals surface area contributed by atoms with E-state index in [0.717, 1.165) is 16.9 Å². The van der Waals surface area contributed by atoms with Gasteiger partial charge in [0.15, 0.2) is 11.5 Å². The van der Waals surface area contributed by atoms with Crippen molar-refractivity contribution in [2.24, 2.45) is 0 Å². The molecule has 3 rings (SSSR count). The zero-order valence-corrected chi connectivity index (χ0v) is 12.9. The number of benzene rings is 2. The minimum Gasteiger partial charge on any atom is -0.504 e. The zero-order valence-electron chi connectivity index (χ0n) is 12.9. The fraction of sp³-hybridized carbons (Fsp3) is 0.158. The molecule has 1 atom stereocenters. The van der Waals surface area contributed by atoms with E-state index in [1.165, 1.54) is 0 Å². The molecule has 0 saturated carbocycles. The second-order valence-electron chi connectivity index (χ2n) is 5.21. The summed E-state index contributed by atoms with van der Waals surface area (Å²) in [6.07, 6.45) is 1.66. The van der Waals surface area contributed by atoms with Crippen molar-refractivity contribution in [3.8, 4) is 11.5 Å². The van der Waals surface area contributed by atoms with Gasteiger partial charge >= 0.3 is 0 Å². The third-order valence-electron chi connectivity index (χ3n) is 3.76. The lowest BCUT2D eigenvalue weighted by Crippen LogP contribution is -2.21. The van der Waals surface area contributed by atoms with Gasteiger partial charge in [0.2, 0.25) is 0 Å². The van der Waals surface area contributed by atoms with E-state index >= 15 is 0 Å². The Morgan fingerprint density at radius 1 is 1.04 bits per heavy atom. The van der Waals surface area contributed by atoms with Gasteiger partial charge in [-0.1, -0.05) is 42.5 Å². The molecule has 0 radical (unpaired) electrons. The smallest absolute Gasteiger partial charge is 0.162 e. The zero-order chi connectivity index (χ0) is 16.1. The Morgan fingerprint density at radius 3 is 2.57 bits per heavy atom. The third kappa shape index (κ3) is 3.38. The number of phenols is 1. The first-order valence-corrected chi connectivity index (χ1v) is 7.46. The van der Waals surface area contributed by atoms with Crippen molar-refractivity contribution in [2.45, 2.75) is 12.6 Å². The van der Waals surface area contributed by atoms with Gasteiger partial charge in [0, 0.05) is 12.1 Å². The topological polar surface area (TPSA) is 54.6 Å². The summed E-state index contributed by atoms with van der Waals surface area (Å²) >= 11 is 0. The van der Waals surface area contributed by atoms with Gasteiger partial charge in [-0.15, -0.1) is 0 Å². The van der Waals surface area contributed by atoms with Gasteiger partial charge in [-0.3, -0.25) is 5.32 Å². The van der Waals surface area contributed by atoms with E-state index in [1.54, 1.807) is 19.4 Å². The van der Waals surface area contributed by atoms with Gasteiger partial charge < -0.3 is 14.3 Å². The van der Waals surface area contributed by atoms with Crippen LogP contribution in [0, 0.1) is 0 Å². The molecule has 4 heteroatoms. The average molecular weight is 309 g/mol. The molecule has 0 saturated heterocycles. The molecular weight excluding hydrogens is 290 g/mol. The number of rotatable bonds is 6. The molecule has 2 N–H and O–H groups in total. The summed E-state index contributed by atoms with van der Waals surface area (Å²) < 4.78 is 10.7. The highest BCUT2D eigenvalue weighted by Crippen LogP contribution is 2.30. The van der Waals surface area contributed by atoms with E-state index in [1.807, 2.05) is 54.6 Å². The van der Waals surface area contributed by atoms with E-state index in [9.17, 15) is 5.11 Å². The number of furan rings is 1. The first-order valence-electron chi connectivity index (χ1n) is 7.46. The first kappa shape index (κ1) is 15.2. The van der Waals surface area contributed by atoms with Gasteiger partial charge in [-0.2, -0.15) is 0 Å². The van der Waals surface area contributed by atoms with Gasteiger partial charge in [0.25, 0.3) is 0 Å². The second kappa shape index (κ2) is 7.03. The van der Waals surface area contributed by atoms with Crippen molar-refractivity contribution in [3.05, 3.63) is 83.8 Å². The number of methoxy groups -OCH3 is 1. The molecule has 0 unspecified atom stereocenters. The van der Waals surface area contributed by atoms with Crippen LogP contribution >= 0.6 is 0 Å². The molecule has 118 valence electrons. The lowest BCUT2D eigenvalue weighted by atomic mass is 10.0. The SMILES string of the molecule is COc1cccc(CN[C@H](c2ccccc2)c2ccco2)c1O. The van der Waals surface area contributed by atoms with Crippen LogP contribution in [0.5, 0.6) is 11.5 Å². The van der Waals surface area contributed by atoms with Crippen molar-refractivity contribution >= 4 is 0 Å². The molecule has 0 bridgehead atoms. The monoisotopic (exact) mass is 309 g/mol. The number of hydrogen-bond donors (Lipinski definition) is 2.